The van der Waals surface area contributed by atoms with Gasteiger partial charge in [0.2, 0.25) is 0 Å². The van der Waals surface area contributed by atoms with Crippen molar-refractivity contribution in [1.82, 2.24) is 4.90 Å². The van der Waals surface area contributed by atoms with E-state index in [1.807, 2.05) is 4.90 Å². The van der Waals surface area contributed by atoms with Crippen LogP contribution in [0.2, 0.25) is 0 Å². The molecule has 2 saturated heterocycles. The van der Waals surface area contributed by atoms with E-state index in [-0.39, 0.29) is 17.3 Å². The van der Waals surface area contributed by atoms with Gasteiger partial charge in [0.05, 0.1) is 32.0 Å². The zero-order valence-corrected chi connectivity index (χ0v) is 19.3. The highest BCUT2D eigenvalue weighted by Crippen LogP contribution is 2.39. The molecule has 0 aliphatic carbocycles. The van der Waals surface area contributed by atoms with Gasteiger partial charge in [-0.15, -0.1) is 0 Å². The summed E-state index contributed by atoms with van der Waals surface area (Å²) in [6.07, 6.45) is 4.58. The Kier molecular flexibility index (Phi) is 7.38. The van der Waals surface area contributed by atoms with Gasteiger partial charge >= 0.3 is 0 Å². The number of likely N-dealkylation sites (tertiary alicyclic amines) is 1. The van der Waals surface area contributed by atoms with Crippen LogP contribution in [0.4, 0.5) is 4.39 Å². The second-order valence-corrected chi connectivity index (χ2v) is 8.84. The van der Waals surface area contributed by atoms with Crippen molar-refractivity contribution in [2.45, 2.75) is 37.7 Å². The Morgan fingerprint density at radius 2 is 1.82 bits per heavy atom. The highest BCUT2D eigenvalue weighted by molar-refractivity contribution is 5.97. The predicted octanol–water partition coefficient (Wildman–Crippen LogP) is 4.71. The molecule has 0 bridgehead atoms. The molecule has 7 heteroatoms. The van der Waals surface area contributed by atoms with Crippen LogP contribution >= 0.6 is 0 Å². The first-order valence-electron chi connectivity index (χ1n) is 11.6. The first-order chi connectivity index (χ1) is 16.0. The fourth-order valence-electron chi connectivity index (χ4n) is 4.86. The molecule has 1 spiro atoms. The molecule has 33 heavy (non-hydrogen) atoms. The van der Waals surface area contributed by atoms with E-state index >= 15 is 0 Å². The van der Waals surface area contributed by atoms with Crippen molar-refractivity contribution in [2.24, 2.45) is 5.92 Å². The van der Waals surface area contributed by atoms with Crippen LogP contribution in [0.3, 0.4) is 0 Å². The molecule has 1 atom stereocenters. The van der Waals surface area contributed by atoms with Crippen LogP contribution in [-0.2, 0) is 4.74 Å². The van der Waals surface area contributed by atoms with E-state index in [1.54, 1.807) is 44.6 Å². The van der Waals surface area contributed by atoms with Crippen molar-refractivity contribution in [2.75, 3.05) is 40.5 Å². The van der Waals surface area contributed by atoms with Crippen molar-refractivity contribution in [3.05, 3.63) is 53.8 Å². The van der Waals surface area contributed by atoms with Gasteiger partial charge in [0.15, 0.2) is 0 Å². The summed E-state index contributed by atoms with van der Waals surface area (Å²) < 4.78 is 35.7. The summed E-state index contributed by atoms with van der Waals surface area (Å²) >= 11 is 0. The summed E-state index contributed by atoms with van der Waals surface area (Å²) in [4.78, 5) is 15.0. The normalized spacial score (nSPS) is 19.8. The largest absolute Gasteiger partial charge is 0.497 e. The maximum atomic E-state index is 13.1. The number of ether oxygens (including phenoxy) is 4. The van der Waals surface area contributed by atoms with Crippen LogP contribution in [0.15, 0.2) is 42.5 Å². The molecule has 2 aliphatic heterocycles. The minimum Gasteiger partial charge on any atom is -0.497 e. The van der Waals surface area contributed by atoms with Gasteiger partial charge in [-0.2, -0.15) is 0 Å². The van der Waals surface area contributed by atoms with E-state index < -0.39 is 0 Å². The maximum absolute atomic E-state index is 13.1. The number of rotatable bonds is 7. The number of piperidine rings is 1. The number of methoxy groups -OCH3 is 2. The van der Waals surface area contributed by atoms with Gasteiger partial charge in [0.25, 0.3) is 5.91 Å². The monoisotopic (exact) mass is 457 g/mol. The average molecular weight is 458 g/mol. The van der Waals surface area contributed by atoms with E-state index in [1.165, 1.54) is 12.1 Å². The molecular formula is C26H32FNO5. The number of amides is 1. The average Bonchev–Trinajstić information content (AvgIpc) is 2.85. The minimum atomic E-state index is -0.260. The van der Waals surface area contributed by atoms with Crippen LogP contribution in [-0.4, -0.2) is 56.9 Å². The highest BCUT2D eigenvalue weighted by Gasteiger charge is 2.41. The van der Waals surface area contributed by atoms with Crippen LogP contribution in [0.1, 0.15) is 42.5 Å². The Labute approximate surface area is 194 Å². The molecule has 6 nitrogen and oxygen atoms in total. The van der Waals surface area contributed by atoms with Crippen LogP contribution < -0.4 is 14.2 Å². The third kappa shape index (κ3) is 5.58. The summed E-state index contributed by atoms with van der Waals surface area (Å²) in [6.45, 7) is 2.66. The molecule has 2 fully saturated rings. The molecule has 0 N–H and O–H groups in total. The topological polar surface area (TPSA) is 57.2 Å². The highest BCUT2D eigenvalue weighted by atomic mass is 19.1. The van der Waals surface area contributed by atoms with Crippen molar-refractivity contribution in [3.8, 4) is 17.2 Å². The standard InChI is InChI=1S/C26H32FNO5/c1-30-22-7-8-23(24(17-22)31-2)25(29)28-13-11-26(12-14-28)18-19(10-16-33-26)9-15-32-21-5-3-20(27)4-6-21/h3-8,17,19H,9-16,18H2,1-2H3. The lowest BCUT2D eigenvalue weighted by Gasteiger charge is -2.46. The van der Waals surface area contributed by atoms with Gasteiger partial charge in [-0.05, 0) is 74.4 Å². The Balaban J connectivity index is 1.30. The van der Waals surface area contributed by atoms with Gasteiger partial charge in [0.1, 0.15) is 23.1 Å². The van der Waals surface area contributed by atoms with Gasteiger partial charge in [-0.1, -0.05) is 0 Å². The number of halogens is 1. The summed E-state index contributed by atoms with van der Waals surface area (Å²) in [7, 11) is 3.15. The summed E-state index contributed by atoms with van der Waals surface area (Å²) in [5.41, 5.74) is 0.383. The van der Waals surface area contributed by atoms with Crippen LogP contribution in [0, 0.1) is 11.7 Å². The molecule has 2 heterocycles. The molecule has 2 aromatic carbocycles. The number of benzene rings is 2. The number of hydrogen-bond donors (Lipinski definition) is 0. The molecule has 0 aromatic heterocycles. The second-order valence-electron chi connectivity index (χ2n) is 8.84. The Morgan fingerprint density at radius 3 is 2.52 bits per heavy atom. The lowest BCUT2D eigenvalue weighted by molar-refractivity contribution is -0.125. The minimum absolute atomic E-state index is 0.0237. The number of hydrogen-bond acceptors (Lipinski definition) is 5. The zero-order valence-electron chi connectivity index (χ0n) is 19.3. The lowest BCUT2D eigenvalue weighted by atomic mass is 9.78. The van der Waals surface area contributed by atoms with Crippen LogP contribution in [0.5, 0.6) is 17.2 Å². The van der Waals surface area contributed by atoms with Crippen molar-refractivity contribution >= 4 is 5.91 Å². The molecule has 178 valence electrons. The molecule has 2 aromatic rings. The van der Waals surface area contributed by atoms with Crippen molar-refractivity contribution in [1.29, 1.82) is 0 Å². The summed E-state index contributed by atoms with van der Waals surface area (Å²) in [5.74, 6) is 2.11. The molecule has 0 saturated carbocycles. The Morgan fingerprint density at radius 1 is 1.09 bits per heavy atom. The Hall–Kier alpha value is -2.80. The molecule has 4 rings (SSSR count). The van der Waals surface area contributed by atoms with E-state index in [0.717, 1.165) is 38.7 Å². The second kappa shape index (κ2) is 10.4. The van der Waals surface area contributed by atoms with E-state index in [0.29, 0.717) is 48.4 Å². The first kappa shape index (κ1) is 23.4. The number of nitrogens with zero attached hydrogens (tertiary/aromatic N) is 1. The molecule has 1 unspecified atom stereocenters. The SMILES string of the molecule is COc1ccc(C(=O)N2CCC3(CC2)CC(CCOc2ccc(F)cc2)CCO3)c(OC)c1. The molecule has 0 radical (unpaired) electrons. The Bertz CT molecular complexity index is 940. The van der Waals surface area contributed by atoms with Gasteiger partial charge in [-0.25, -0.2) is 4.39 Å². The quantitative estimate of drug-likeness (QED) is 0.603. The van der Waals surface area contributed by atoms with Crippen LogP contribution in [0.25, 0.3) is 0 Å². The van der Waals surface area contributed by atoms with Crippen molar-refractivity contribution < 1.29 is 28.1 Å². The van der Waals surface area contributed by atoms with Gasteiger partial charge < -0.3 is 23.8 Å². The third-order valence-corrected chi connectivity index (χ3v) is 6.80. The number of carbonyl (C=O) groups excluding carboxylic acids is 1. The molecule has 2 aliphatic rings. The zero-order chi connectivity index (χ0) is 23.3. The van der Waals surface area contributed by atoms with E-state index in [2.05, 4.69) is 0 Å². The lowest BCUT2D eigenvalue weighted by Crippen LogP contribution is -2.51. The fraction of sp³-hybridized carbons (Fsp3) is 0.500. The molecular weight excluding hydrogens is 425 g/mol. The third-order valence-electron chi connectivity index (χ3n) is 6.80. The van der Waals surface area contributed by atoms with Crippen molar-refractivity contribution in [3.63, 3.8) is 0 Å². The fourth-order valence-corrected chi connectivity index (χ4v) is 4.86. The predicted molar refractivity (Wildman–Crippen MR) is 123 cm³/mol. The maximum Gasteiger partial charge on any atom is 0.257 e. The molecule has 1 amide bonds. The van der Waals surface area contributed by atoms with E-state index in [9.17, 15) is 9.18 Å². The smallest absolute Gasteiger partial charge is 0.257 e. The summed E-state index contributed by atoms with van der Waals surface area (Å²) in [6, 6.07) is 11.4. The summed E-state index contributed by atoms with van der Waals surface area (Å²) in [5, 5.41) is 0. The van der Waals surface area contributed by atoms with Gasteiger partial charge in [0, 0.05) is 25.8 Å². The first-order valence-corrected chi connectivity index (χ1v) is 11.6. The number of carbonyl (C=O) groups is 1. The van der Waals surface area contributed by atoms with E-state index in [4.69, 9.17) is 18.9 Å². The van der Waals surface area contributed by atoms with Gasteiger partial charge in [-0.3, -0.25) is 4.79 Å².